The predicted molar refractivity (Wildman–Crippen MR) is 101 cm³/mol. The molecule has 0 unspecified atom stereocenters. The standard InChI is InChI=1S/C19H21N3O3S/c1-14-22-17(13-26-14)12-25-18-6-4-15(5-7-18)10-16(11-20)19(23)21-8-3-9-24-2/h4-7,10,13H,3,8-9,12H2,1-2H3,(H,21,23)/b16-10+. The van der Waals surface area contributed by atoms with Crippen LogP contribution in [0, 0.1) is 18.3 Å². The molecule has 0 spiro atoms. The van der Waals surface area contributed by atoms with Gasteiger partial charge in [0, 0.05) is 25.6 Å². The summed E-state index contributed by atoms with van der Waals surface area (Å²) in [6.45, 7) is 3.39. The van der Waals surface area contributed by atoms with Gasteiger partial charge in [-0.05, 0) is 37.1 Å². The van der Waals surface area contributed by atoms with E-state index in [1.54, 1.807) is 48.8 Å². The number of thiazole rings is 1. The number of ether oxygens (including phenoxy) is 2. The van der Waals surface area contributed by atoms with Crippen molar-refractivity contribution in [3.05, 3.63) is 51.5 Å². The number of amides is 1. The van der Waals surface area contributed by atoms with Gasteiger partial charge in [-0.3, -0.25) is 4.79 Å². The zero-order valence-electron chi connectivity index (χ0n) is 14.8. The van der Waals surface area contributed by atoms with E-state index in [0.717, 1.165) is 16.3 Å². The Labute approximate surface area is 157 Å². The van der Waals surface area contributed by atoms with E-state index in [1.165, 1.54) is 0 Å². The van der Waals surface area contributed by atoms with E-state index in [-0.39, 0.29) is 11.5 Å². The molecule has 0 aliphatic rings. The van der Waals surface area contributed by atoms with Crippen LogP contribution in [0.25, 0.3) is 6.08 Å². The molecule has 136 valence electrons. The Kier molecular flexibility index (Phi) is 7.80. The zero-order valence-corrected chi connectivity index (χ0v) is 15.6. The van der Waals surface area contributed by atoms with Crippen molar-refractivity contribution in [2.45, 2.75) is 20.0 Å². The number of nitriles is 1. The molecule has 0 fully saturated rings. The number of carbonyl (C=O) groups is 1. The summed E-state index contributed by atoms with van der Waals surface area (Å²) in [6.07, 6.45) is 2.25. The summed E-state index contributed by atoms with van der Waals surface area (Å²) in [7, 11) is 1.60. The number of methoxy groups -OCH3 is 1. The molecular formula is C19H21N3O3S. The quantitative estimate of drug-likeness (QED) is 0.416. The van der Waals surface area contributed by atoms with Crippen LogP contribution in [-0.4, -0.2) is 31.2 Å². The van der Waals surface area contributed by atoms with E-state index in [9.17, 15) is 10.1 Å². The number of nitrogens with zero attached hydrogens (tertiary/aromatic N) is 2. The number of aryl methyl sites for hydroxylation is 1. The Balaban J connectivity index is 1.91. The van der Waals surface area contributed by atoms with Crippen LogP contribution in [0.1, 0.15) is 22.7 Å². The molecule has 0 aliphatic carbocycles. The molecule has 0 bridgehead atoms. The minimum Gasteiger partial charge on any atom is -0.487 e. The summed E-state index contributed by atoms with van der Waals surface area (Å²) >= 11 is 1.59. The summed E-state index contributed by atoms with van der Waals surface area (Å²) in [5, 5.41) is 14.9. The zero-order chi connectivity index (χ0) is 18.8. The van der Waals surface area contributed by atoms with Gasteiger partial charge in [-0.2, -0.15) is 5.26 Å². The maximum atomic E-state index is 12.0. The van der Waals surface area contributed by atoms with Crippen molar-refractivity contribution < 1.29 is 14.3 Å². The Morgan fingerprint density at radius 3 is 2.77 bits per heavy atom. The first-order chi connectivity index (χ1) is 12.6. The molecule has 1 heterocycles. The van der Waals surface area contributed by atoms with Crippen LogP contribution in [0.3, 0.4) is 0 Å². The highest BCUT2D eigenvalue weighted by atomic mass is 32.1. The fourth-order valence-corrected chi connectivity index (χ4v) is 2.72. The first-order valence-corrected chi connectivity index (χ1v) is 9.03. The molecule has 26 heavy (non-hydrogen) atoms. The Morgan fingerprint density at radius 2 is 2.15 bits per heavy atom. The third-order valence-corrected chi connectivity index (χ3v) is 4.24. The van der Waals surface area contributed by atoms with E-state index in [0.29, 0.717) is 31.9 Å². The molecule has 2 rings (SSSR count). The predicted octanol–water partition coefficient (Wildman–Crippen LogP) is 3.09. The average Bonchev–Trinajstić information content (AvgIpc) is 3.07. The maximum absolute atomic E-state index is 12.0. The van der Waals surface area contributed by atoms with Gasteiger partial charge in [0.25, 0.3) is 5.91 Å². The minimum atomic E-state index is -0.386. The third-order valence-electron chi connectivity index (χ3n) is 3.42. The van der Waals surface area contributed by atoms with Crippen LogP contribution in [0.5, 0.6) is 5.75 Å². The summed E-state index contributed by atoms with van der Waals surface area (Å²) in [5.41, 5.74) is 1.72. The lowest BCUT2D eigenvalue weighted by Crippen LogP contribution is -2.26. The van der Waals surface area contributed by atoms with Crippen molar-refractivity contribution >= 4 is 23.3 Å². The lowest BCUT2D eigenvalue weighted by molar-refractivity contribution is -0.117. The van der Waals surface area contributed by atoms with E-state index in [4.69, 9.17) is 9.47 Å². The van der Waals surface area contributed by atoms with Crippen LogP contribution in [0.2, 0.25) is 0 Å². The summed E-state index contributed by atoms with van der Waals surface area (Å²) in [4.78, 5) is 16.3. The first-order valence-electron chi connectivity index (χ1n) is 8.15. The molecular weight excluding hydrogens is 350 g/mol. The highest BCUT2D eigenvalue weighted by Gasteiger charge is 2.08. The summed E-state index contributed by atoms with van der Waals surface area (Å²) in [5.74, 6) is 0.318. The second kappa shape index (κ2) is 10.3. The van der Waals surface area contributed by atoms with Crippen molar-refractivity contribution in [3.8, 4) is 11.8 Å². The van der Waals surface area contributed by atoms with Gasteiger partial charge in [-0.1, -0.05) is 12.1 Å². The Morgan fingerprint density at radius 1 is 1.38 bits per heavy atom. The van der Waals surface area contributed by atoms with Crippen molar-refractivity contribution in [2.24, 2.45) is 0 Å². The van der Waals surface area contributed by atoms with Crippen LogP contribution in [0.4, 0.5) is 0 Å². The van der Waals surface area contributed by atoms with Crippen molar-refractivity contribution in [2.75, 3.05) is 20.3 Å². The van der Waals surface area contributed by atoms with E-state index in [2.05, 4.69) is 10.3 Å². The van der Waals surface area contributed by atoms with E-state index >= 15 is 0 Å². The lowest BCUT2D eigenvalue weighted by Gasteiger charge is -2.05. The smallest absolute Gasteiger partial charge is 0.261 e. The molecule has 1 amide bonds. The fourth-order valence-electron chi connectivity index (χ4n) is 2.12. The van der Waals surface area contributed by atoms with Crippen LogP contribution in [-0.2, 0) is 16.1 Å². The van der Waals surface area contributed by atoms with Gasteiger partial charge in [-0.25, -0.2) is 4.98 Å². The second-order valence-electron chi connectivity index (χ2n) is 5.49. The Bertz CT molecular complexity index is 791. The number of hydrogen-bond acceptors (Lipinski definition) is 6. The molecule has 2 aromatic rings. The van der Waals surface area contributed by atoms with Gasteiger partial charge in [0.05, 0.1) is 10.7 Å². The van der Waals surface area contributed by atoms with Crippen molar-refractivity contribution in [1.82, 2.24) is 10.3 Å². The molecule has 7 heteroatoms. The number of benzene rings is 1. The molecule has 6 nitrogen and oxygen atoms in total. The highest BCUT2D eigenvalue weighted by molar-refractivity contribution is 7.09. The molecule has 1 N–H and O–H groups in total. The molecule has 0 radical (unpaired) electrons. The molecule has 1 aromatic carbocycles. The van der Waals surface area contributed by atoms with Gasteiger partial charge < -0.3 is 14.8 Å². The van der Waals surface area contributed by atoms with Gasteiger partial charge >= 0.3 is 0 Å². The molecule has 0 aliphatic heterocycles. The normalized spacial score (nSPS) is 11.0. The molecule has 0 saturated heterocycles. The number of carbonyl (C=O) groups excluding carboxylic acids is 1. The van der Waals surface area contributed by atoms with Gasteiger partial charge in [0.2, 0.25) is 0 Å². The monoisotopic (exact) mass is 371 g/mol. The number of hydrogen-bond donors (Lipinski definition) is 1. The molecule has 0 saturated carbocycles. The van der Waals surface area contributed by atoms with E-state index in [1.807, 2.05) is 18.4 Å². The number of nitrogens with one attached hydrogen (secondary N) is 1. The average molecular weight is 371 g/mol. The lowest BCUT2D eigenvalue weighted by atomic mass is 10.1. The van der Waals surface area contributed by atoms with Crippen molar-refractivity contribution in [3.63, 3.8) is 0 Å². The Hall–Kier alpha value is -2.69. The summed E-state index contributed by atoms with van der Waals surface area (Å²) in [6, 6.07) is 9.14. The summed E-state index contributed by atoms with van der Waals surface area (Å²) < 4.78 is 10.6. The van der Waals surface area contributed by atoms with Crippen LogP contribution < -0.4 is 10.1 Å². The third kappa shape index (κ3) is 6.31. The topological polar surface area (TPSA) is 84.2 Å². The van der Waals surface area contributed by atoms with Crippen LogP contribution >= 0.6 is 11.3 Å². The highest BCUT2D eigenvalue weighted by Crippen LogP contribution is 2.17. The fraction of sp³-hybridized carbons (Fsp3) is 0.316. The maximum Gasteiger partial charge on any atom is 0.261 e. The van der Waals surface area contributed by atoms with Crippen molar-refractivity contribution in [1.29, 1.82) is 5.26 Å². The van der Waals surface area contributed by atoms with Gasteiger partial charge in [0.15, 0.2) is 0 Å². The largest absolute Gasteiger partial charge is 0.487 e. The van der Waals surface area contributed by atoms with Crippen LogP contribution in [0.15, 0.2) is 35.2 Å². The first kappa shape index (κ1) is 19.6. The molecule has 1 aromatic heterocycles. The molecule has 0 atom stereocenters. The van der Waals surface area contributed by atoms with Gasteiger partial charge in [0.1, 0.15) is 24.0 Å². The van der Waals surface area contributed by atoms with E-state index < -0.39 is 0 Å². The SMILES string of the molecule is COCCCNC(=O)/C(C#N)=C/c1ccc(OCc2csc(C)n2)cc1. The number of rotatable bonds is 9. The minimum absolute atomic E-state index is 0.0639. The number of aromatic nitrogens is 1. The second-order valence-corrected chi connectivity index (χ2v) is 6.55. The van der Waals surface area contributed by atoms with Gasteiger partial charge in [-0.15, -0.1) is 11.3 Å².